The van der Waals surface area contributed by atoms with Crippen LogP contribution in [0.5, 0.6) is 0 Å². The largest absolute Gasteiger partial charge is 0.236 e. The Labute approximate surface area is 96.6 Å². The first-order chi connectivity index (χ1) is 6.70. The van der Waals surface area contributed by atoms with Crippen molar-refractivity contribution in [3.63, 3.8) is 0 Å². The molecule has 14 heavy (non-hydrogen) atoms. The number of nitrogens with zero attached hydrogens (tertiary/aromatic N) is 1. The molecule has 1 aromatic carbocycles. The Morgan fingerprint density at radius 3 is 2.64 bits per heavy atom. The molecule has 0 spiro atoms. The van der Waals surface area contributed by atoms with Crippen molar-refractivity contribution in [1.29, 1.82) is 0 Å². The van der Waals surface area contributed by atoms with Crippen molar-refractivity contribution in [3.8, 4) is 0 Å². The van der Waals surface area contributed by atoms with E-state index in [0.717, 1.165) is 16.5 Å². The maximum absolute atomic E-state index is 5.85. The van der Waals surface area contributed by atoms with Gasteiger partial charge in [0.1, 0.15) is 5.15 Å². The molecule has 0 amide bonds. The van der Waals surface area contributed by atoms with Crippen molar-refractivity contribution in [1.82, 2.24) is 4.98 Å². The summed E-state index contributed by atoms with van der Waals surface area (Å²) in [6.45, 7) is 0. The fourth-order valence-corrected chi connectivity index (χ4v) is 1.96. The van der Waals surface area contributed by atoms with E-state index in [2.05, 4.69) is 4.98 Å². The topological polar surface area (TPSA) is 12.9 Å². The van der Waals surface area contributed by atoms with Crippen molar-refractivity contribution in [2.24, 2.45) is 0 Å². The van der Waals surface area contributed by atoms with Crippen LogP contribution in [0, 0.1) is 0 Å². The summed E-state index contributed by atoms with van der Waals surface area (Å²) in [5.74, 6) is 0.417. The van der Waals surface area contributed by atoms with Gasteiger partial charge < -0.3 is 0 Å². The average Bonchev–Trinajstić information content (AvgIpc) is 2.15. The van der Waals surface area contributed by atoms with Crippen LogP contribution in [0.2, 0.25) is 10.2 Å². The van der Waals surface area contributed by atoms with E-state index < -0.39 is 0 Å². The van der Waals surface area contributed by atoms with Gasteiger partial charge in [0.05, 0.1) is 5.52 Å². The van der Waals surface area contributed by atoms with Crippen LogP contribution in [-0.4, -0.2) is 4.98 Å². The van der Waals surface area contributed by atoms with Gasteiger partial charge in [-0.15, -0.1) is 11.6 Å². The monoisotopic (exact) mass is 245 g/mol. The van der Waals surface area contributed by atoms with Crippen LogP contribution < -0.4 is 0 Å². The second kappa shape index (κ2) is 3.93. The number of rotatable bonds is 1. The molecular weight excluding hydrogens is 240 g/mol. The maximum atomic E-state index is 5.85. The Kier molecular flexibility index (Phi) is 2.82. The zero-order chi connectivity index (χ0) is 10.1. The first-order valence-electron chi connectivity index (χ1n) is 4.01. The van der Waals surface area contributed by atoms with Crippen LogP contribution in [0.3, 0.4) is 0 Å². The molecule has 0 fully saturated rings. The number of halogens is 3. The predicted octanol–water partition coefficient (Wildman–Crippen LogP) is 4.28. The molecule has 4 heteroatoms. The van der Waals surface area contributed by atoms with E-state index in [0.29, 0.717) is 16.1 Å². The third-order valence-corrected chi connectivity index (χ3v) is 2.69. The molecule has 0 saturated carbocycles. The average molecular weight is 247 g/mol. The van der Waals surface area contributed by atoms with E-state index in [-0.39, 0.29) is 0 Å². The molecule has 0 saturated heterocycles. The number of hydrogen-bond acceptors (Lipinski definition) is 1. The lowest BCUT2D eigenvalue weighted by Crippen LogP contribution is -1.86. The molecule has 1 heterocycles. The molecular formula is C10H6Cl3N. The molecule has 0 bridgehead atoms. The summed E-state index contributed by atoms with van der Waals surface area (Å²) in [6.07, 6.45) is 0. The molecule has 0 unspecified atom stereocenters. The highest BCUT2D eigenvalue weighted by molar-refractivity contribution is 6.32. The van der Waals surface area contributed by atoms with Crippen LogP contribution in [0.15, 0.2) is 24.3 Å². The number of aromatic nitrogens is 1. The van der Waals surface area contributed by atoms with Crippen LogP contribution in [0.1, 0.15) is 5.56 Å². The van der Waals surface area contributed by atoms with E-state index in [9.17, 15) is 0 Å². The fourth-order valence-electron chi connectivity index (χ4n) is 1.35. The molecule has 0 aliphatic rings. The van der Waals surface area contributed by atoms with Crippen LogP contribution >= 0.6 is 34.8 Å². The van der Waals surface area contributed by atoms with Gasteiger partial charge in [-0.05, 0) is 23.8 Å². The minimum atomic E-state index is 0.417. The molecule has 1 nitrogen and oxygen atoms in total. The maximum Gasteiger partial charge on any atom is 0.130 e. The Morgan fingerprint density at radius 1 is 1.14 bits per heavy atom. The SMILES string of the molecule is ClCc1cc(Cl)nc2cc(Cl)ccc12. The first kappa shape index (κ1) is 10.0. The van der Waals surface area contributed by atoms with Crippen LogP contribution in [0.25, 0.3) is 10.9 Å². The second-order valence-electron chi connectivity index (χ2n) is 2.90. The Bertz CT molecular complexity index is 477. The molecule has 0 aliphatic carbocycles. The van der Waals surface area contributed by atoms with Crippen molar-refractivity contribution < 1.29 is 0 Å². The number of hydrogen-bond donors (Lipinski definition) is 0. The third kappa shape index (κ3) is 1.81. The van der Waals surface area contributed by atoms with Crippen molar-refractivity contribution in [2.45, 2.75) is 5.88 Å². The summed E-state index contributed by atoms with van der Waals surface area (Å²) in [5.41, 5.74) is 1.75. The third-order valence-electron chi connectivity index (χ3n) is 1.97. The van der Waals surface area contributed by atoms with Gasteiger partial charge in [-0.2, -0.15) is 0 Å². The van der Waals surface area contributed by atoms with E-state index in [1.165, 1.54) is 0 Å². The highest BCUT2D eigenvalue weighted by atomic mass is 35.5. The van der Waals surface area contributed by atoms with Gasteiger partial charge in [0, 0.05) is 16.3 Å². The number of benzene rings is 1. The highest BCUT2D eigenvalue weighted by Gasteiger charge is 2.04. The Hall–Kier alpha value is -0.500. The summed E-state index contributed by atoms with van der Waals surface area (Å²) in [6, 6.07) is 7.26. The minimum Gasteiger partial charge on any atom is -0.236 e. The van der Waals surface area contributed by atoms with Crippen molar-refractivity contribution >= 4 is 45.7 Å². The molecule has 2 aromatic rings. The van der Waals surface area contributed by atoms with Crippen LogP contribution in [0.4, 0.5) is 0 Å². The van der Waals surface area contributed by atoms with E-state index in [1.807, 2.05) is 12.1 Å². The molecule has 0 aliphatic heterocycles. The summed E-state index contributed by atoms with van der Waals surface area (Å²) in [4.78, 5) is 4.17. The zero-order valence-electron chi connectivity index (χ0n) is 7.10. The van der Waals surface area contributed by atoms with E-state index >= 15 is 0 Å². The van der Waals surface area contributed by atoms with Crippen LogP contribution in [-0.2, 0) is 5.88 Å². The summed E-state index contributed by atoms with van der Waals surface area (Å²) < 4.78 is 0. The van der Waals surface area contributed by atoms with Gasteiger partial charge in [0.25, 0.3) is 0 Å². The van der Waals surface area contributed by atoms with Crippen molar-refractivity contribution in [2.75, 3.05) is 0 Å². The summed E-state index contributed by atoms with van der Waals surface area (Å²) in [5, 5.41) is 2.08. The standard InChI is InChI=1S/C10H6Cl3N/c11-5-6-3-10(13)14-9-4-7(12)1-2-8(6)9/h1-4H,5H2. The number of fused-ring (bicyclic) bond motifs is 1. The number of pyridine rings is 1. The van der Waals surface area contributed by atoms with Gasteiger partial charge in [-0.1, -0.05) is 29.3 Å². The quantitative estimate of drug-likeness (QED) is 0.540. The van der Waals surface area contributed by atoms with Gasteiger partial charge in [0.2, 0.25) is 0 Å². The summed E-state index contributed by atoms with van der Waals surface area (Å²) >= 11 is 17.5. The Balaban J connectivity index is 2.81. The molecule has 2 rings (SSSR count). The smallest absolute Gasteiger partial charge is 0.130 e. The highest BCUT2D eigenvalue weighted by Crippen LogP contribution is 2.24. The molecule has 1 aromatic heterocycles. The van der Waals surface area contributed by atoms with Crippen molar-refractivity contribution in [3.05, 3.63) is 40.0 Å². The Morgan fingerprint density at radius 2 is 1.93 bits per heavy atom. The summed E-state index contributed by atoms with van der Waals surface area (Å²) in [7, 11) is 0. The molecule has 0 atom stereocenters. The van der Waals surface area contributed by atoms with Gasteiger partial charge in [0.15, 0.2) is 0 Å². The number of alkyl halides is 1. The first-order valence-corrected chi connectivity index (χ1v) is 5.30. The zero-order valence-corrected chi connectivity index (χ0v) is 9.37. The lowest BCUT2D eigenvalue weighted by Gasteiger charge is -2.03. The minimum absolute atomic E-state index is 0.417. The normalized spacial score (nSPS) is 10.8. The molecule has 0 radical (unpaired) electrons. The predicted molar refractivity (Wildman–Crippen MR) is 61.3 cm³/mol. The molecule has 0 N–H and O–H groups in total. The molecule has 72 valence electrons. The fraction of sp³-hybridized carbons (Fsp3) is 0.100. The lowest BCUT2D eigenvalue weighted by atomic mass is 10.1. The van der Waals surface area contributed by atoms with E-state index in [4.69, 9.17) is 34.8 Å². The second-order valence-corrected chi connectivity index (χ2v) is 3.99. The van der Waals surface area contributed by atoms with Gasteiger partial charge >= 0.3 is 0 Å². The van der Waals surface area contributed by atoms with E-state index in [1.54, 1.807) is 12.1 Å². The van der Waals surface area contributed by atoms with Gasteiger partial charge in [-0.3, -0.25) is 0 Å². The van der Waals surface area contributed by atoms with Gasteiger partial charge in [-0.25, -0.2) is 4.98 Å². The lowest BCUT2D eigenvalue weighted by molar-refractivity contribution is 1.34.